The van der Waals surface area contributed by atoms with Crippen LogP contribution in [0.25, 0.3) is 0 Å². The number of rotatable bonds is 2. The predicted octanol–water partition coefficient (Wildman–Crippen LogP) is -0.453. The summed E-state index contributed by atoms with van der Waals surface area (Å²) in [5.41, 5.74) is 0. The first-order valence-corrected chi connectivity index (χ1v) is 6.11. The quantitative estimate of drug-likeness (QED) is 0.611. The van der Waals surface area contributed by atoms with Gasteiger partial charge in [-0.15, -0.1) is 0 Å². The van der Waals surface area contributed by atoms with Crippen molar-refractivity contribution in [1.82, 2.24) is 14.7 Å². The molecule has 1 atom stereocenters. The van der Waals surface area contributed by atoms with Crippen LogP contribution in [0.15, 0.2) is 12.7 Å². The van der Waals surface area contributed by atoms with Crippen LogP contribution in [-0.2, 0) is 9.59 Å². The summed E-state index contributed by atoms with van der Waals surface area (Å²) in [5, 5.41) is 0. The second-order valence-corrected chi connectivity index (χ2v) is 4.46. The topological polar surface area (TPSA) is 43.9 Å². The Labute approximate surface area is 102 Å². The molecule has 2 fully saturated rings. The Morgan fingerprint density at radius 2 is 2.12 bits per heavy atom. The lowest BCUT2D eigenvalue weighted by molar-refractivity contribution is -0.147. The van der Waals surface area contributed by atoms with Crippen molar-refractivity contribution in [1.29, 1.82) is 0 Å². The average Bonchev–Trinajstić information content (AvgIpc) is 2.38. The highest BCUT2D eigenvalue weighted by atomic mass is 16.2. The lowest BCUT2D eigenvalue weighted by Gasteiger charge is -2.45. The number of hydrogen-bond acceptors (Lipinski definition) is 3. The second-order valence-electron chi connectivity index (χ2n) is 4.46. The fraction of sp³-hybridized carbons (Fsp3) is 0.667. The number of carbonyl (C=O) groups is 2. The molecule has 2 rings (SSSR count). The maximum absolute atomic E-state index is 12.2. The average molecular weight is 237 g/mol. The summed E-state index contributed by atoms with van der Waals surface area (Å²) in [7, 11) is 0. The van der Waals surface area contributed by atoms with Crippen molar-refractivity contribution in [3.05, 3.63) is 12.7 Å². The summed E-state index contributed by atoms with van der Waals surface area (Å²) < 4.78 is 0. The van der Waals surface area contributed by atoms with Crippen LogP contribution in [0.5, 0.6) is 0 Å². The fourth-order valence-electron chi connectivity index (χ4n) is 2.54. The normalized spacial score (nSPS) is 25.7. The molecule has 5 nitrogen and oxygen atoms in total. The van der Waals surface area contributed by atoms with Crippen LogP contribution in [0.3, 0.4) is 0 Å². The molecule has 2 amide bonds. The number of nitrogens with zero attached hydrogens (tertiary/aromatic N) is 3. The van der Waals surface area contributed by atoms with Gasteiger partial charge >= 0.3 is 0 Å². The van der Waals surface area contributed by atoms with Crippen molar-refractivity contribution in [3.8, 4) is 0 Å². The molecular formula is C12H19N3O2. The van der Waals surface area contributed by atoms with Crippen molar-refractivity contribution in [2.75, 3.05) is 39.3 Å². The Bertz CT molecular complexity index is 343. The molecule has 2 saturated heterocycles. The predicted molar refractivity (Wildman–Crippen MR) is 64.4 cm³/mol. The van der Waals surface area contributed by atoms with E-state index in [9.17, 15) is 9.59 Å². The number of likely N-dealkylation sites (N-methyl/N-ethyl adjacent to an activating group) is 1. The molecule has 2 aliphatic heterocycles. The van der Waals surface area contributed by atoms with E-state index in [1.54, 1.807) is 4.90 Å². The van der Waals surface area contributed by atoms with E-state index in [0.29, 0.717) is 13.1 Å². The second kappa shape index (κ2) is 4.87. The number of amides is 2. The zero-order chi connectivity index (χ0) is 12.4. The summed E-state index contributed by atoms with van der Waals surface area (Å²) >= 11 is 0. The first kappa shape index (κ1) is 12.1. The van der Waals surface area contributed by atoms with Crippen LogP contribution in [-0.4, -0.2) is 71.8 Å². The van der Waals surface area contributed by atoms with Crippen LogP contribution in [0.2, 0.25) is 0 Å². The Morgan fingerprint density at radius 1 is 1.41 bits per heavy atom. The van der Waals surface area contributed by atoms with Gasteiger partial charge in [0.05, 0.1) is 0 Å². The maximum Gasteiger partial charge on any atom is 0.246 e. The largest absolute Gasteiger partial charge is 0.340 e. The van der Waals surface area contributed by atoms with Gasteiger partial charge in [0.25, 0.3) is 0 Å². The molecule has 0 aromatic carbocycles. The van der Waals surface area contributed by atoms with E-state index in [2.05, 4.69) is 11.5 Å². The number of fused-ring (bicyclic) bond motifs is 1. The third-order valence-electron chi connectivity index (χ3n) is 3.61. The van der Waals surface area contributed by atoms with Gasteiger partial charge in [-0.25, -0.2) is 0 Å². The molecule has 0 aromatic rings. The summed E-state index contributed by atoms with van der Waals surface area (Å²) in [6.45, 7) is 9.93. The van der Waals surface area contributed by atoms with Crippen LogP contribution in [0.1, 0.15) is 6.92 Å². The molecule has 5 heteroatoms. The van der Waals surface area contributed by atoms with Gasteiger partial charge in [0, 0.05) is 39.3 Å². The van der Waals surface area contributed by atoms with Gasteiger partial charge in [-0.1, -0.05) is 6.58 Å². The molecule has 0 spiro atoms. The zero-order valence-corrected chi connectivity index (χ0v) is 10.3. The molecule has 0 saturated carbocycles. The molecule has 0 bridgehead atoms. The van der Waals surface area contributed by atoms with Gasteiger partial charge in [-0.3, -0.25) is 14.5 Å². The van der Waals surface area contributed by atoms with Crippen molar-refractivity contribution >= 4 is 11.8 Å². The first-order chi connectivity index (χ1) is 8.17. The lowest BCUT2D eigenvalue weighted by Crippen LogP contribution is -2.65. The molecule has 94 valence electrons. The first-order valence-electron chi connectivity index (χ1n) is 6.11. The van der Waals surface area contributed by atoms with Gasteiger partial charge in [-0.2, -0.15) is 0 Å². The molecule has 2 heterocycles. The molecule has 0 radical (unpaired) electrons. The third-order valence-corrected chi connectivity index (χ3v) is 3.61. The van der Waals surface area contributed by atoms with Crippen LogP contribution >= 0.6 is 0 Å². The molecule has 0 N–H and O–H groups in total. The molecule has 0 aromatic heterocycles. The van der Waals surface area contributed by atoms with E-state index < -0.39 is 0 Å². The summed E-state index contributed by atoms with van der Waals surface area (Å²) in [6, 6.07) is -0.152. The number of carbonyl (C=O) groups excluding carboxylic acids is 2. The Balaban J connectivity index is 2.07. The van der Waals surface area contributed by atoms with Crippen LogP contribution in [0, 0.1) is 0 Å². The lowest BCUT2D eigenvalue weighted by atomic mass is 10.1. The summed E-state index contributed by atoms with van der Waals surface area (Å²) in [4.78, 5) is 29.5. The minimum Gasteiger partial charge on any atom is -0.340 e. The summed E-state index contributed by atoms with van der Waals surface area (Å²) in [5.74, 6) is 0.0754. The van der Waals surface area contributed by atoms with E-state index in [0.717, 1.165) is 26.2 Å². The monoisotopic (exact) mass is 237 g/mol. The summed E-state index contributed by atoms with van der Waals surface area (Å²) in [6.07, 6.45) is 1.32. The standard InChI is InChI=1S/C12H19N3O2/c1-3-11(16)15-8-7-14-6-5-13(4-2)12(17)10(14)9-15/h3,10H,1,4-9H2,2H3/t10-/m1/s1. The van der Waals surface area contributed by atoms with Crippen molar-refractivity contribution < 1.29 is 9.59 Å². The Kier molecular flexibility index (Phi) is 3.47. The van der Waals surface area contributed by atoms with E-state index >= 15 is 0 Å². The minimum atomic E-state index is -0.152. The highest BCUT2D eigenvalue weighted by Gasteiger charge is 2.38. The third kappa shape index (κ3) is 2.20. The van der Waals surface area contributed by atoms with E-state index in [-0.39, 0.29) is 17.9 Å². The molecule has 17 heavy (non-hydrogen) atoms. The van der Waals surface area contributed by atoms with E-state index in [1.165, 1.54) is 6.08 Å². The zero-order valence-electron chi connectivity index (χ0n) is 10.3. The maximum atomic E-state index is 12.2. The SMILES string of the molecule is C=CC(=O)N1CCN2CCN(CC)C(=O)[C@H]2C1. The van der Waals surface area contributed by atoms with E-state index in [1.807, 2.05) is 11.8 Å². The van der Waals surface area contributed by atoms with Gasteiger partial charge < -0.3 is 9.80 Å². The smallest absolute Gasteiger partial charge is 0.246 e. The fourth-order valence-corrected chi connectivity index (χ4v) is 2.54. The molecule has 0 aliphatic carbocycles. The highest BCUT2D eigenvalue weighted by molar-refractivity contribution is 5.89. The van der Waals surface area contributed by atoms with Crippen molar-refractivity contribution in [3.63, 3.8) is 0 Å². The van der Waals surface area contributed by atoms with Crippen LogP contribution < -0.4 is 0 Å². The van der Waals surface area contributed by atoms with Crippen molar-refractivity contribution in [2.45, 2.75) is 13.0 Å². The number of piperazine rings is 2. The molecule has 2 aliphatic rings. The van der Waals surface area contributed by atoms with E-state index in [4.69, 9.17) is 0 Å². The molecule has 0 unspecified atom stereocenters. The Hall–Kier alpha value is -1.36. The van der Waals surface area contributed by atoms with Gasteiger partial charge in [0.15, 0.2) is 0 Å². The Morgan fingerprint density at radius 3 is 2.76 bits per heavy atom. The number of hydrogen-bond donors (Lipinski definition) is 0. The van der Waals surface area contributed by atoms with Gasteiger partial charge in [0.2, 0.25) is 11.8 Å². The molecular weight excluding hydrogens is 218 g/mol. The van der Waals surface area contributed by atoms with Crippen molar-refractivity contribution in [2.24, 2.45) is 0 Å². The van der Waals surface area contributed by atoms with Gasteiger partial charge in [-0.05, 0) is 13.0 Å². The van der Waals surface area contributed by atoms with Crippen LogP contribution in [0.4, 0.5) is 0 Å². The minimum absolute atomic E-state index is 0.0777. The highest BCUT2D eigenvalue weighted by Crippen LogP contribution is 2.17. The van der Waals surface area contributed by atoms with Gasteiger partial charge in [0.1, 0.15) is 6.04 Å².